The minimum Gasteiger partial charge on any atom is -0.372 e. The molecule has 0 spiro atoms. The van der Waals surface area contributed by atoms with Crippen LogP contribution in [-0.2, 0) is 9.59 Å². The van der Waals surface area contributed by atoms with Crippen molar-refractivity contribution in [1.29, 1.82) is 0 Å². The Balaban J connectivity index is 1.62. The van der Waals surface area contributed by atoms with Gasteiger partial charge >= 0.3 is 0 Å². The molecule has 1 aliphatic rings. The third-order valence-corrected chi connectivity index (χ3v) is 5.30. The second-order valence-corrected chi connectivity index (χ2v) is 8.07. The standard InChI is InChI=1S/C22H26ClN3O2/c1-22(2,21(28)25-18-8-6-7-16(23)15-18)20(27)24-17-9-11-19(12-10-17)26-13-4-3-5-14-26/h6-12,15H,3-5,13-14H2,1-2H3,(H,24,27)(H,25,28). The number of benzene rings is 2. The normalized spacial score (nSPS) is 14.5. The molecule has 5 nitrogen and oxygen atoms in total. The van der Waals surface area contributed by atoms with Crippen LogP contribution in [0.5, 0.6) is 0 Å². The summed E-state index contributed by atoms with van der Waals surface area (Å²) in [5.74, 6) is -0.755. The molecule has 0 atom stereocenters. The lowest BCUT2D eigenvalue weighted by atomic mass is 9.90. The zero-order chi connectivity index (χ0) is 20.1. The van der Waals surface area contributed by atoms with Crippen LogP contribution in [0.1, 0.15) is 33.1 Å². The largest absolute Gasteiger partial charge is 0.372 e. The number of carbonyl (C=O) groups is 2. The van der Waals surface area contributed by atoms with Gasteiger partial charge < -0.3 is 15.5 Å². The Hall–Kier alpha value is -2.53. The molecule has 1 fully saturated rings. The minimum absolute atomic E-state index is 0.363. The fraction of sp³-hybridized carbons (Fsp3) is 0.364. The summed E-state index contributed by atoms with van der Waals surface area (Å²) in [6.45, 7) is 5.35. The van der Waals surface area contributed by atoms with Crippen LogP contribution in [0.3, 0.4) is 0 Å². The molecule has 2 amide bonds. The van der Waals surface area contributed by atoms with E-state index in [9.17, 15) is 9.59 Å². The minimum atomic E-state index is -1.24. The number of carbonyl (C=O) groups excluding carboxylic acids is 2. The maximum absolute atomic E-state index is 12.7. The fourth-order valence-corrected chi connectivity index (χ4v) is 3.34. The van der Waals surface area contributed by atoms with Gasteiger partial charge in [-0.25, -0.2) is 0 Å². The van der Waals surface area contributed by atoms with Crippen molar-refractivity contribution in [2.45, 2.75) is 33.1 Å². The molecule has 3 rings (SSSR count). The van der Waals surface area contributed by atoms with Crippen LogP contribution in [0.25, 0.3) is 0 Å². The Kier molecular flexibility index (Phi) is 6.25. The van der Waals surface area contributed by atoms with Crippen LogP contribution >= 0.6 is 11.6 Å². The summed E-state index contributed by atoms with van der Waals surface area (Å²) in [7, 11) is 0. The van der Waals surface area contributed by atoms with Crippen LogP contribution < -0.4 is 15.5 Å². The molecule has 1 saturated heterocycles. The zero-order valence-corrected chi connectivity index (χ0v) is 17.1. The van der Waals surface area contributed by atoms with Crippen molar-refractivity contribution in [2.24, 2.45) is 5.41 Å². The molecule has 1 heterocycles. The Labute approximate surface area is 171 Å². The first kappa shape index (κ1) is 20.2. The maximum atomic E-state index is 12.7. The first-order valence-electron chi connectivity index (χ1n) is 9.60. The molecule has 2 aromatic carbocycles. The summed E-state index contributed by atoms with van der Waals surface area (Å²) in [6, 6.07) is 14.6. The predicted octanol–water partition coefficient (Wildman–Crippen LogP) is 4.93. The average molecular weight is 400 g/mol. The number of hydrogen-bond acceptors (Lipinski definition) is 3. The lowest BCUT2D eigenvalue weighted by Gasteiger charge is -2.29. The Morgan fingerprint density at radius 3 is 2.11 bits per heavy atom. The smallest absolute Gasteiger partial charge is 0.239 e. The highest BCUT2D eigenvalue weighted by molar-refractivity contribution is 6.31. The second-order valence-electron chi connectivity index (χ2n) is 7.64. The molecular formula is C22H26ClN3O2. The van der Waals surface area contributed by atoms with Gasteiger partial charge in [0, 0.05) is 35.2 Å². The Morgan fingerprint density at radius 2 is 1.50 bits per heavy atom. The van der Waals surface area contributed by atoms with E-state index in [1.54, 1.807) is 38.1 Å². The number of piperidine rings is 1. The molecule has 2 aromatic rings. The first-order valence-corrected chi connectivity index (χ1v) is 9.97. The number of amides is 2. The number of nitrogens with zero attached hydrogens (tertiary/aromatic N) is 1. The molecule has 2 N–H and O–H groups in total. The fourth-order valence-electron chi connectivity index (χ4n) is 3.15. The van der Waals surface area contributed by atoms with Gasteiger partial charge in [0.2, 0.25) is 11.8 Å². The van der Waals surface area contributed by atoms with Crippen molar-refractivity contribution in [3.63, 3.8) is 0 Å². The molecule has 148 valence electrons. The predicted molar refractivity (Wildman–Crippen MR) is 115 cm³/mol. The van der Waals surface area contributed by atoms with E-state index in [-0.39, 0.29) is 5.91 Å². The number of hydrogen-bond donors (Lipinski definition) is 2. The summed E-state index contributed by atoms with van der Waals surface area (Å²) >= 11 is 5.95. The van der Waals surface area contributed by atoms with E-state index in [1.807, 2.05) is 24.3 Å². The van der Waals surface area contributed by atoms with E-state index in [4.69, 9.17) is 11.6 Å². The topological polar surface area (TPSA) is 61.4 Å². The van der Waals surface area contributed by atoms with E-state index in [0.29, 0.717) is 16.4 Å². The molecule has 0 unspecified atom stereocenters. The molecular weight excluding hydrogens is 374 g/mol. The SMILES string of the molecule is CC(C)(C(=O)Nc1ccc(N2CCCCC2)cc1)C(=O)Nc1cccc(Cl)c1. The van der Waals surface area contributed by atoms with Gasteiger partial charge in [0.25, 0.3) is 0 Å². The van der Waals surface area contributed by atoms with Gasteiger partial charge in [-0.2, -0.15) is 0 Å². The average Bonchev–Trinajstić information content (AvgIpc) is 2.69. The summed E-state index contributed by atoms with van der Waals surface area (Å²) in [4.78, 5) is 27.7. The summed E-state index contributed by atoms with van der Waals surface area (Å²) in [6.07, 6.45) is 3.72. The highest BCUT2D eigenvalue weighted by atomic mass is 35.5. The zero-order valence-electron chi connectivity index (χ0n) is 16.3. The van der Waals surface area contributed by atoms with Crippen molar-refractivity contribution in [1.82, 2.24) is 0 Å². The summed E-state index contributed by atoms with van der Waals surface area (Å²) < 4.78 is 0. The highest BCUT2D eigenvalue weighted by Gasteiger charge is 2.36. The van der Waals surface area contributed by atoms with Gasteiger partial charge in [-0.3, -0.25) is 9.59 Å². The van der Waals surface area contributed by atoms with Gasteiger partial charge in [0.05, 0.1) is 0 Å². The molecule has 0 saturated carbocycles. The van der Waals surface area contributed by atoms with Crippen LogP contribution in [0.2, 0.25) is 5.02 Å². The Morgan fingerprint density at radius 1 is 0.893 bits per heavy atom. The van der Waals surface area contributed by atoms with Gasteiger partial charge in [0.1, 0.15) is 5.41 Å². The molecule has 0 bridgehead atoms. The summed E-state index contributed by atoms with van der Waals surface area (Å²) in [5.41, 5.74) is 1.16. The monoisotopic (exact) mass is 399 g/mol. The molecule has 0 aromatic heterocycles. The number of anilines is 3. The second kappa shape index (κ2) is 8.65. The van der Waals surface area contributed by atoms with Crippen LogP contribution in [0.15, 0.2) is 48.5 Å². The molecule has 1 aliphatic heterocycles. The van der Waals surface area contributed by atoms with Crippen LogP contribution in [0, 0.1) is 5.41 Å². The third-order valence-electron chi connectivity index (χ3n) is 5.06. The maximum Gasteiger partial charge on any atom is 0.239 e. The van der Waals surface area contributed by atoms with E-state index >= 15 is 0 Å². The first-order chi connectivity index (χ1) is 13.4. The van der Waals surface area contributed by atoms with Gasteiger partial charge in [-0.05, 0) is 75.6 Å². The van der Waals surface area contributed by atoms with Gasteiger partial charge in [0.15, 0.2) is 0 Å². The van der Waals surface area contributed by atoms with Crippen LogP contribution in [-0.4, -0.2) is 24.9 Å². The number of rotatable bonds is 5. The lowest BCUT2D eigenvalue weighted by molar-refractivity contribution is -0.135. The highest BCUT2D eigenvalue weighted by Crippen LogP contribution is 2.25. The third kappa shape index (κ3) is 4.84. The van der Waals surface area contributed by atoms with Crippen molar-refractivity contribution in [3.05, 3.63) is 53.6 Å². The van der Waals surface area contributed by atoms with E-state index in [2.05, 4.69) is 15.5 Å². The molecule has 0 radical (unpaired) electrons. The van der Waals surface area contributed by atoms with Crippen molar-refractivity contribution >= 4 is 40.5 Å². The van der Waals surface area contributed by atoms with E-state index in [1.165, 1.54) is 19.3 Å². The molecule has 6 heteroatoms. The quantitative estimate of drug-likeness (QED) is 0.700. The molecule has 0 aliphatic carbocycles. The van der Waals surface area contributed by atoms with Crippen LogP contribution in [0.4, 0.5) is 17.1 Å². The summed E-state index contributed by atoms with van der Waals surface area (Å²) in [5, 5.41) is 6.12. The number of nitrogens with one attached hydrogen (secondary N) is 2. The molecule has 28 heavy (non-hydrogen) atoms. The van der Waals surface area contributed by atoms with Gasteiger partial charge in [-0.1, -0.05) is 17.7 Å². The van der Waals surface area contributed by atoms with Crippen molar-refractivity contribution in [3.8, 4) is 0 Å². The number of halogens is 1. The van der Waals surface area contributed by atoms with E-state index in [0.717, 1.165) is 18.8 Å². The van der Waals surface area contributed by atoms with Crippen molar-refractivity contribution < 1.29 is 9.59 Å². The lowest BCUT2D eigenvalue weighted by Crippen LogP contribution is -2.41. The van der Waals surface area contributed by atoms with E-state index < -0.39 is 11.3 Å². The Bertz CT molecular complexity index is 843. The van der Waals surface area contributed by atoms with Crippen molar-refractivity contribution in [2.75, 3.05) is 28.6 Å². The van der Waals surface area contributed by atoms with Gasteiger partial charge in [-0.15, -0.1) is 0 Å².